The van der Waals surface area contributed by atoms with Gasteiger partial charge in [-0.2, -0.15) is 11.3 Å². The van der Waals surface area contributed by atoms with Gasteiger partial charge in [0.2, 0.25) is 5.91 Å². The number of benzene rings is 1. The number of hydrogen-bond donors (Lipinski definition) is 0. The molecular formula is C14H11F2NOS2. The van der Waals surface area contributed by atoms with Gasteiger partial charge in [-0.1, -0.05) is 0 Å². The van der Waals surface area contributed by atoms with E-state index in [1.54, 1.807) is 16.2 Å². The highest BCUT2D eigenvalue weighted by Gasteiger charge is 2.33. The van der Waals surface area contributed by atoms with E-state index < -0.39 is 11.6 Å². The highest BCUT2D eigenvalue weighted by molar-refractivity contribution is 8.00. The standard InChI is InChI=1S/C14H11F2NOS2/c15-11-3-9(4-12(16)5-11)6-17-13(18)8-20-14(17)10-1-2-19-7-10/h1-5,7,14H,6,8H2. The number of carbonyl (C=O) groups is 1. The molecule has 1 aromatic carbocycles. The number of carbonyl (C=O) groups excluding carboxylic acids is 1. The normalized spacial score (nSPS) is 18.8. The van der Waals surface area contributed by atoms with Gasteiger partial charge in [0.25, 0.3) is 0 Å². The highest BCUT2D eigenvalue weighted by Crippen LogP contribution is 2.40. The lowest BCUT2D eigenvalue weighted by molar-refractivity contribution is -0.128. The average Bonchev–Trinajstić information content (AvgIpc) is 2.99. The Morgan fingerprint density at radius 2 is 2.00 bits per heavy atom. The van der Waals surface area contributed by atoms with Gasteiger partial charge in [-0.25, -0.2) is 8.78 Å². The van der Waals surface area contributed by atoms with E-state index in [1.165, 1.54) is 23.9 Å². The molecule has 1 unspecified atom stereocenters. The van der Waals surface area contributed by atoms with E-state index in [0.717, 1.165) is 11.6 Å². The fraction of sp³-hybridized carbons (Fsp3) is 0.214. The Morgan fingerprint density at radius 1 is 1.25 bits per heavy atom. The molecule has 6 heteroatoms. The van der Waals surface area contributed by atoms with Gasteiger partial charge in [0.05, 0.1) is 5.75 Å². The summed E-state index contributed by atoms with van der Waals surface area (Å²) in [5, 5.41) is 3.88. The summed E-state index contributed by atoms with van der Waals surface area (Å²) < 4.78 is 26.4. The number of thiophene rings is 1. The lowest BCUT2D eigenvalue weighted by atomic mass is 10.2. The molecule has 1 aliphatic heterocycles. The first-order valence-electron chi connectivity index (χ1n) is 6.01. The molecule has 0 saturated carbocycles. The molecule has 1 saturated heterocycles. The summed E-state index contributed by atoms with van der Waals surface area (Å²) in [6, 6.07) is 5.34. The van der Waals surface area contributed by atoms with Gasteiger partial charge >= 0.3 is 0 Å². The Hall–Kier alpha value is -1.40. The Labute approximate surface area is 123 Å². The number of amides is 1. The van der Waals surface area contributed by atoms with Crippen LogP contribution in [0.1, 0.15) is 16.5 Å². The van der Waals surface area contributed by atoms with Crippen molar-refractivity contribution in [2.45, 2.75) is 11.9 Å². The third kappa shape index (κ3) is 2.71. The molecule has 1 atom stereocenters. The Morgan fingerprint density at radius 3 is 2.65 bits per heavy atom. The first kappa shape index (κ1) is 13.6. The Balaban J connectivity index is 1.85. The maximum Gasteiger partial charge on any atom is 0.234 e. The predicted molar refractivity (Wildman–Crippen MR) is 76.4 cm³/mol. The van der Waals surface area contributed by atoms with Crippen LogP contribution in [0.4, 0.5) is 8.78 Å². The van der Waals surface area contributed by atoms with E-state index in [1.807, 2.05) is 16.8 Å². The van der Waals surface area contributed by atoms with E-state index in [9.17, 15) is 13.6 Å². The molecule has 1 fully saturated rings. The number of nitrogens with zero attached hydrogens (tertiary/aromatic N) is 1. The quantitative estimate of drug-likeness (QED) is 0.859. The fourth-order valence-corrected chi connectivity index (χ4v) is 4.16. The van der Waals surface area contributed by atoms with Crippen LogP contribution in [-0.4, -0.2) is 16.6 Å². The van der Waals surface area contributed by atoms with E-state index in [2.05, 4.69) is 0 Å². The zero-order valence-corrected chi connectivity index (χ0v) is 12.0. The smallest absolute Gasteiger partial charge is 0.234 e. The Bertz CT molecular complexity index is 610. The summed E-state index contributed by atoms with van der Waals surface area (Å²) in [4.78, 5) is 13.6. The van der Waals surface area contributed by atoms with Crippen LogP contribution < -0.4 is 0 Å². The van der Waals surface area contributed by atoms with Crippen molar-refractivity contribution < 1.29 is 13.6 Å². The Kier molecular flexibility index (Phi) is 3.76. The largest absolute Gasteiger partial charge is 0.321 e. The molecule has 0 spiro atoms. The van der Waals surface area contributed by atoms with Crippen LogP contribution in [0.25, 0.3) is 0 Å². The third-order valence-corrected chi connectivity index (χ3v) is 5.03. The molecule has 2 heterocycles. The molecule has 1 aromatic heterocycles. The van der Waals surface area contributed by atoms with E-state index in [-0.39, 0.29) is 17.8 Å². The van der Waals surface area contributed by atoms with Gasteiger partial charge in [-0.3, -0.25) is 4.79 Å². The van der Waals surface area contributed by atoms with Crippen molar-refractivity contribution >= 4 is 29.0 Å². The number of hydrogen-bond acceptors (Lipinski definition) is 3. The van der Waals surface area contributed by atoms with Crippen molar-refractivity contribution in [3.63, 3.8) is 0 Å². The van der Waals surface area contributed by atoms with Gasteiger partial charge in [-0.15, -0.1) is 11.8 Å². The van der Waals surface area contributed by atoms with Crippen LogP contribution in [0.2, 0.25) is 0 Å². The second kappa shape index (κ2) is 5.54. The number of thioether (sulfide) groups is 1. The van der Waals surface area contributed by atoms with E-state index >= 15 is 0 Å². The third-order valence-electron chi connectivity index (χ3n) is 3.07. The van der Waals surface area contributed by atoms with Crippen LogP contribution in [0.3, 0.4) is 0 Å². The molecule has 0 radical (unpaired) electrons. The van der Waals surface area contributed by atoms with Gasteiger partial charge in [0.15, 0.2) is 0 Å². The lowest BCUT2D eigenvalue weighted by Crippen LogP contribution is -2.27. The molecule has 3 rings (SSSR count). The van der Waals surface area contributed by atoms with Gasteiger partial charge in [0, 0.05) is 12.6 Å². The van der Waals surface area contributed by atoms with Crippen molar-refractivity contribution in [2.75, 3.05) is 5.75 Å². The molecule has 1 aliphatic rings. The van der Waals surface area contributed by atoms with Crippen molar-refractivity contribution in [1.29, 1.82) is 0 Å². The number of rotatable bonds is 3. The van der Waals surface area contributed by atoms with Gasteiger partial charge in [-0.05, 0) is 40.1 Å². The maximum absolute atomic E-state index is 13.2. The number of halogens is 2. The first-order valence-corrected chi connectivity index (χ1v) is 8.01. The van der Waals surface area contributed by atoms with E-state index in [0.29, 0.717) is 11.3 Å². The zero-order valence-electron chi connectivity index (χ0n) is 10.4. The highest BCUT2D eigenvalue weighted by atomic mass is 32.2. The monoisotopic (exact) mass is 311 g/mol. The maximum atomic E-state index is 13.2. The fourth-order valence-electron chi connectivity index (χ4n) is 2.22. The zero-order chi connectivity index (χ0) is 14.1. The molecular weight excluding hydrogens is 300 g/mol. The molecule has 2 nitrogen and oxygen atoms in total. The van der Waals surface area contributed by atoms with Crippen LogP contribution in [0.15, 0.2) is 35.0 Å². The average molecular weight is 311 g/mol. The molecule has 0 bridgehead atoms. The van der Waals surface area contributed by atoms with Crippen LogP contribution in [0.5, 0.6) is 0 Å². The topological polar surface area (TPSA) is 20.3 Å². The van der Waals surface area contributed by atoms with Gasteiger partial charge in [0.1, 0.15) is 17.0 Å². The molecule has 104 valence electrons. The summed E-state index contributed by atoms with van der Waals surface area (Å²) in [6.45, 7) is 0.223. The molecule has 1 amide bonds. The molecule has 2 aromatic rings. The second-order valence-corrected chi connectivity index (χ2v) is 6.37. The van der Waals surface area contributed by atoms with Crippen LogP contribution >= 0.6 is 23.1 Å². The molecule has 0 aliphatic carbocycles. The van der Waals surface area contributed by atoms with Crippen LogP contribution in [-0.2, 0) is 11.3 Å². The summed E-state index contributed by atoms with van der Waals surface area (Å²) in [5.74, 6) is -0.841. The summed E-state index contributed by atoms with van der Waals surface area (Å²) in [5.41, 5.74) is 1.53. The molecule has 0 N–H and O–H groups in total. The predicted octanol–water partition coefficient (Wildman–Crippen LogP) is 3.80. The minimum Gasteiger partial charge on any atom is -0.321 e. The first-order chi connectivity index (χ1) is 9.63. The summed E-state index contributed by atoms with van der Waals surface area (Å²) >= 11 is 3.11. The SMILES string of the molecule is O=C1CSC(c2ccsc2)N1Cc1cc(F)cc(F)c1. The molecule has 20 heavy (non-hydrogen) atoms. The lowest BCUT2D eigenvalue weighted by Gasteiger charge is -2.23. The van der Waals surface area contributed by atoms with Crippen molar-refractivity contribution in [3.05, 3.63) is 57.8 Å². The van der Waals surface area contributed by atoms with E-state index in [4.69, 9.17) is 0 Å². The van der Waals surface area contributed by atoms with Crippen LogP contribution in [0, 0.1) is 11.6 Å². The summed E-state index contributed by atoms with van der Waals surface area (Å²) in [6.07, 6.45) is 0. The van der Waals surface area contributed by atoms with Crippen molar-refractivity contribution in [2.24, 2.45) is 0 Å². The van der Waals surface area contributed by atoms with Gasteiger partial charge < -0.3 is 4.90 Å². The van der Waals surface area contributed by atoms with Crippen molar-refractivity contribution in [3.8, 4) is 0 Å². The van der Waals surface area contributed by atoms with Crippen molar-refractivity contribution in [1.82, 2.24) is 4.90 Å². The minimum atomic E-state index is -0.619. The second-order valence-electron chi connectivity index (χ2n) is 4.52. The summed E-state index contributed by atoms with van der Waals surface area (Å²) in [7, 11) is 0. The minimum absolute atomic E-state index is 0.00382.